The van der Waals surface area contributed by atoms with Crippen LogP contribution in [0.2, 0.25) is 10.0 Å². The van der Waals surface area contributed by atoms with Crippen molar-refractivity contribution in [1.29, 1.82) is 0 Å². The molecule has 4 rings (SSSR count). The van der Waals surface area contributed by atoms with E-state index in [1.165, 1.54) is 41.3 Å². The average molecular weight is 446 g/mol. The lowest BCUT2D eigenvalue weighted by molar-refractivity contribution is 0.0600. The molecule has 2 aromatic carbocycles. The Morgan fingerprint density at radius 3 is 2.48 bits per heavy atom. The molecular weight excluding hydrogens is 433 g/mol. The van der Waals surface area contributed by atoms with E-state index in [2.05, 4.69) is 10.1 Å². The fourth-order valence-corrected chi connectivity index (χ4v) is 4.30. The first-order chi connectivity index (χ1) is 14.0. The van der Waals surface area contributed by atoms with Crippen LogP contribution in [-0.4, -0.2) is 27.8 Å². The minimum atomic E-state index is -0.536. The van der Waals surface area contributed by atoms with Crippen molar-refractivity contribution >= 4 is 40.5 Å². The number of hydrogen-bond donors (Lipinski definition) is 1. The van der Waals surface area contributed by atoms with Crippen LogP contribution >= 0.6 is 34.5 Å². The highest BCUT2D eigenvalue weighted by Gasteiger charge is 2.18. The molecule has 0 bridgehead atoms. The van der Waals surface area contributed by atoms with Crippen LogP contribution in [0.15, 0.2) is 58.7 Å². The fraction of sp³-hybridized carbons (Fsp3) is 0.0500. The number of hydrogen-bond acceptors (Lipinski definition) is 5. The number of halogens is 2. The predicted octanol–water partition coefficient (Wildman–Crippen LogP) is 5.05. The van der Waals surface area contributed by atoms with E-state index >= 15 is 0 Å². The lowest BCUT2D eigenvalue weighted by Gasteiger charge is -2.07. The smallest absolute Gasteiger partial charge is 0.337 e. The highest BCUT2D eigenvalue weighted by Crippen LogP contribution is 2.37. The van der Waals surface area contributed by atoms with Gasteiger partial charge in [-0.15, -0.1) is 11.3 Å². The van der Waals surface area contributed by atoms with Gasteiger partial charge in [-0.2, -0.15) is 4.68 Å². The summed E-state index contributed by atoms with van der Waals surface area (Å²) in [7, 11) is 1.28. The zero-order valence-electron chi connectivity index (χ0n) is 15.0. The number of nitrogens with one attached hydrogen (secondary N) is 1. The van der Waals surface area contributed by atoms with Crippen molar-refractivity contribution in [2.45, 2.75) is 0 Å². The van der Waals surface area contributed by atoms with Gasteiger partial charge in [0.1, 0.15) is 0 Å². The number of aromatic nitrogens is 3. The van der Waals surface area contributed by atoms with Gasteiger partial charge in [-0.05, 0) is 17.7 Å². The third kappa shape index (κ3) is 3.72. The first kappa shape index (κ1) is 19.4. The summed E-state index contributed by atoms with van der Waals surface area (Å²) >= 11 is 13.9. The predicted molar refractivity (Wildman–Crippen MR) is 114 cm³/mol. The van der Waals surface area contributed by atoms with Gasteiger partial charge in [0.15, 0.2) is 0 Å². The van der Waals surface area contributed by atoms with Gasteiger partial charge < -0.3 is 4.74 Å². The topological polar surface area (TPSA) is 77.0 Å². The zero-order valence-corrected chi connectivity index (χ0v) is 17.3. The second-order valence-corrected chi connectivity index (χ2v) is 7.68. The number of carbonyl (C=O) groups excluding carboxylic acids is 1. The van der Waals surface area contributed by atoms with Crippen molar-refractivity contribution in [2.24, 2.45) is 0 Å². The largest absolute Gasteiger partial charge is 0.465 e. The Morgan fingerprint density at radius 1 is 1.14 bits per heavy atom. The van der Waals surface area contributed by atoms with Crippen LogP contribution in [0, 0.1) is 0 Å². The minimum absolute atomic E-state index is 0.233. The van der Waals surface area contributed by atoms with Crippen molar-refractivity contribution in [3.05, 3.63) is 79.9 Å². The van der Waals surface area contributed by atoms with Crippen LogP contribution in [0.1, 0.15) is 10.4 Å². The Hall–Kier alpha value is -2.87. The number of nitrogens with zero attached hydrogens (tertiary/aromatic N) is 2. The van der Waals surface area contributed by atoms with Gasteiger partial charge >= 0.3 is 5.97 Å². The summed E-state index contributed by atoms with van der Waals surface area (Å²) in [4.78, 5) is 28.7. The molecule has 0 saturated heterocycles. The number of H-pyrrole nitrogens is 1. The monoisotopic (exact) mass is 445 g/mol. The van der Waals surface area contributed by atoms with Crippen molar-refractivity contribution < 1.29 is 9.53 Å². The van der Waals surface area contributed by atoms with E-state index in [1.807, 2.05) is 30.3 Å². The first-order valence-electron chi connectivity index (χ1n) is 8.39. The molecule has 9 heteroatoms. The summed E-state index contributed by atoms with van der Waals surface area (Å²) in [6, 6.07) is 14.0. The van der Waals surface area contributed by atoms with Gasteiger partial charge in [0.25, 0.3) is 5.56 Å². The molecule has 0 aliphatic heterocycles. The molecule has 29 heavy (non-hydrogen) atoms. The Labute approximate surface area is 179 Å². The van der Waals surface area contributed by atoms with E-state index < -0.39 is 5.97 Å². The zero-order chi connectivity index (χ0) is 20.5. The summed E-state index contributed by atoms with van der Waals surface area (Å²) in [5.74, 6) is -0.536. The first-order valence-corrected chi connectivity index (χ1v) is 10.0. The van der Waals surface area contributed by atoms with Gasteiger partial charge in [0.2, 0.25) is 5.13 Å². The van der Waals surface area contributed by atoms with Crippen molar-refractivity contribution in [2.75, 3.05) is 7.11 Å². The number of carbonyl (C=O) groups is 1. The maximum Gasteiger partial charge on any atom is 0.337 e. The fourth-order valence-electron chi connectivity index (χ4n) is 2.84. The molecule has 6 nitrogen and oxygen atoms in total. The summed E-state index contributed by atoms with van der Waals surface area (Å²) in [6.07, 6.45) is 0. The molecule has 0 atom stereocenters. The Bertz CT molecular complexity index is 1240. The van der Waals surface area contributed by atoms with Gasteiger partial charge in [0.05, 0.1) is 34.1 Å². The SMILES string of the molecule is COC(=O)c1cc(Cl)c(-c2csc(-n3[nH]c(-c4ccccc4)cc3=O)n2)c(Cl)c1. The Balaban J connectivity index is 1.73. The number of methoxy groups -OCH3 is 1. The maximum absolute atomic E-state index is 12.4. The number of rotatable bonds is 4. The third-order valence-electron chi connectivity index (χ3n) is 4.21. The van der Waals surface area contributed by atoms with Crippen LogP contribution < -0.4 is 5.56 Å². The van der Waals surface area contributed by atoms with Gasteiger partial charge in [-0.25, -0.2) is 9.78 Å². The normalized spacial score (nSPS) is 10.9. The van der Waals surface area contributed by atoms with Gasteiger partial charge in [-0.1, -0.05) is 53.5 Å². The van der Waals surface area contributed by atoms with E-state index in [-0.39, 0.29) is 21.2 Å². The van der Waals surface area contributed by atoms with Crippen molar-refractivity contribution in [1.82, 2.24) is 14.8 Å². The molecule has 0 aliphatic rings. The average Bonchev–Trinajstić information content (AvgIpc) is 3.34. The molecule has 0 radical (unpaired) electrons. The Kier molecular flexibility index (Phi) is 5.27. The van der Waals surface area contributed by atoms with E-state index in [4.69, 9.17) is 27.9 Å². The summed E-state index contributed by atoms with van der Waals surface area (Å²) < 4.78 is 6.06. The molecule has 1 N–H and O–H groups in total. The van der Waals surface area contributed by atoms with E-state index in [9.17, 15) is 9.59 Å². The summed E-state index contributed by atoms with van der Waals surface area (Å²) in [6.45, 7) is 0. The minimum Gasteiger partial charge on any atom is -0.465 e. The van der Waals surface area contributed by atoms with E-state index in [0.717, 1.165) is 5.56 Å². The lowest BCUT2D eigenvalue weighted by Crippen LogP contribution is -2.13. The second-order valence-electron chi connectivity index (χ2n) is 6.03. The number of benzene rings is 2. The molecule has 2 heterocycles. The molecule has 4 aromatic rings. The maximum atomic E-state index is 12.4. The van der Waals surface area contributed by atoms with E-state index in [0.29, 0.717) is 22.1 Å². The van der Waals surface area contributed by atoms with Crippen LogP contribution in [0.5, 0.6) is 0 Å². The molecule has 0 fully saturated rings. The van der Waals surface area contributed by atoms with Crippen LogP contribution in [0.4, 0.5) is 0 Å². The third-order valence-corrected chi connectivity index (χ3v) is 5.63. The molecule has 0 aliphatic carbocycles. The van der Waals surface area contributed by atoms with Crippen LogP contribution in [-0.2, 0) is 4.74 Å². The number of esters is 1. The lowest BCUT2D eigenvalue weighted by atomic mass is 10.1. The number of ether oxygens (including phenoxy) is 1. The van der Waals surface area contributed by atoms with E-state index in [1.54, 1.807) is 5.38 Å². The Morgan fingerprint density at radius 2 is 1.83 bits per heavy atom. The highest BCUT2D eigenvalue weighted by atomic mass is 35.5. The molecule has 0 spiro atoms. The molecule has 0 amide bonds. The molecule has 2 aromatic heterocycles. The molecule has 0 saturated carbocycles. The van der Waals surface area contributed by atoms with Crippen LogP contribution in [0.3, 0.4) is 0 Å². The van der Waals surface area contributed by atoms with Crippen molar-refractivity contribution in [3.63, 3.8) is 0 Å². The van der Waals surface area contributed by atoms with Gasteiger partial charge in [-0.3, -0.25) is 9.89 Å². The van der Waals surface area contributed by atoms with Gasteiger partial charge in [0, 0.05) is 17.0 Å². The highest BCUT2D eigenvalue weighted by molar-refractivity contribution is 7.12. The summed E-state index contributed by atoms with van der Waals surface area (Å²) in [5, 5.41) is 5.78. The number of aromatic amines is 1. The standard InChI is InChI=1S/C20H13Cl2N3O3S/c1-28-19(27)12-7-13(21)18(14(22)8-12)16-10-29-20(23-16)25-17(26)9-15(24-25)11-5-3-2-4-6-11/h2-10,24H,1H3. The quantitative estimate of drug-likeness (QED) is 0.445. The van der Waals surface area contributed by atoms with Crippen molar-refractivity contribution in [3.8, 4) is 27.6 Å². The second kappa shape index (κ2) is 7.87. The number of thiazole rings is 1. The molecular formula is C20H13Cl2N3O3S. The molecule has 0 unspecified atom stereocenters. The molecule has 146 valence electrons. The summed E-state index contributed by atoms with van der Waals surface area (Å²) in [5.41, 5.74) is 2.57. The van der Waals surface area contributed by atoms with Crippen LogP contribution in [0.25, 0.3) is 27.6 Å².